The summed E-state index contributed by atoms with van der Waals surface area (Å²) in [6.07, 6.45) is 6.01. The Balaban J connectivity index is 1.38. The molecule has 2 aliphatic heterocycles. The van der Waals surface area contributed by atoms with E-state index >= 15 is 0 Å². The maximum Gasteiger partial charge on any atom is 0.246 e. The molecule has 4 rings (SSSR count). The number of benzene rings is 1. The first kappa shape index (κ1) is 21.4. The van der Waals surface area contributed by atoms with Gasteiger partial charge in [-0.15, -0.1) is 0 Å². The van der Waals surface area contributed by atoms with Crippen LogP contribution in [0.1, 0.15) is 25.3 Å². The van der Waals surface area contributed by atoms with Crippen LogP contribution in [0.15, 0.2) is 47.7 Å². The van der Waals surface area contributed by atoms with Crippen molar-refractivity contribution in [3.63, 3.8) is 0 Å². The highest BCUT2D eigenvalue weighted by Crippen LogP contribution is 2.21. The quantitative estimate of drug-likeness (QED) is 0.566. The van der Waals surface area contributed by atoms with Gasteiger partial charge < -0.3 is 15.1 Å². The number of guanidine groups is 1. The lowest BCUT2D eigenvalue weighted by molar-refractivity contribution is -0.120. The fraction of sp³-hybridized carbons (Fsp3) is 0.522. The molecule has 0 bridgehead atoms. The van der Waals surface area contributed by atoms with E-state index in [0.29, 0.717) is 19.1 Å². The van der Waals surface area contributed by atoms with Crippen LogP contribution in [0.3, 0.4) is 0 Å². The average Bonchev–Trinajstić information content (AvgIpc) is 3.40. The fourth-order valence-corrected chi connectivity index (χ4v) is 4.42. The van der Waals surface area contributed by atoms with E-state index in [9.17, 15) is 4.79 Å². The van der Waals surface area contributed by atoms with Crippen molar-refractivity contribution in [2.75, 3.05) is 44.2 Å². The van der Waals surface area contributed by atoms with E-state index in [-0.39, 0.29) is 5.91 Å². The largest absolute Gasteiger partial charge is 0.357 e. The van der Waals surface area contributed by atoms with E-state index in [1.54, 1.807) is 10.9 Å². The molecule has 8 heteroatoms. The van der Waals surface area contributed by atoms with Crippen molar-refractivity contribution in [3.05, 3.63) is 48.3 Å². The summed E-state index contributed by atoms with van der Waals surface area (Å²) < 4.78 is 1.73. The maximum absolute atomic E-state index is 12.8. The predicted octanol–water partition coefficient (Wildman–Crippen LogP) is 1.70. The van der Waals surface area contributed by atoms with Crippen LogP contribution in [0.4, 0.5) is 5.69 Å². The number of nitrogens with one attached hydrogen (secondary N) is 1. The molecule has 2 aliphatic rings. The van der Waals surface area contributed by atoms with Crippen molar-refractivity contribution >= 4 is 17.6 Å². The maximum atomic E-state index is 12.8. The van der Waals surface area contributed by atoms with Gasteiger partial charge in [-0.1, -0.05) is 30.3 Å². The van der Waals surface area contributed by atoms with Gasteiger partial charge in [0, 0.05) is 45.5 Å². The van der Waals surface area contributed by atoms with Crippen molar-refractivity contribution in [2.45, 2.75) is 32.4 Å². The van der Waals surface area contributed by atoms with Gasteiger partial charge in [0.15, 0.2) is 5.96 Å². The molecule has 166 valence electrons. The number of carbonyl (C=O) groups is 1. The van der Waals surface area contributed by atoms with Gasteiger partial charge in [0.1, 0.15) is 6.54 Å². The summed E-state index contributed by atoms with van der Waals surface area (Å²) in [4.78, 5) is 24.2. The number of likely N-dealkylation sites (tertiary alicyclic amines) is 1. The lowest BCUT2D eigenvalue weighted by atomic mass is 10.2. The van der Waals surface area contributed by atoms with Crippen LogP contribution in [-0.2, 0) is 18.4 Å². The Morgan fingerprint density at radius 3 is 2.77 bits per heavy atom. The molecule has 2 aromatic rings. The molecule has 0 aliphatic carbocycles. The van der Waals surface area contributed by atoms with Gasteiger partial charge in [-0.3, -0.25) is 19.4 Å². The number of amides is 1. The van der Waals surface area contributed by atoms with Gasteiger partial charge in [0.05, 0.1) is 18.4 Å². The van der Waals surface area contributed by atoms with Gasteiger partial charge in [-0.05, 0) is 31.9 Å². The molecule has 1 aromatic heterocycles. The first-order valence-corrected chi connectivity index (χ1v) is 11.2. The monoisotopic (exact) mass is 423 g/mol. The van der Waals surface area contributed by atoms with Crippen LogP contribution in [0, 0.1) is 0 Å². The third-order valence-corrected chi connectivity index (χ3v) is 6.04. The SMILES string of the molecule is CCNC(=NCC1CCCN1Cc1ccccc1)N1CCN(c2cnn(C)c2)C(=O)C1. The second-order valence-electron chi connectivity index (χ2n) is 8.29. The summed E-state index contributed by atoms with van der Waals surface area (Å²) in [5.74, 6) is 0.921. The van der Waals surface area contributed by atoms with E-state index in [0.717, 1.165) is 44.4 Å². The van der Waals surface area contributed by atoms with Crippen molar-refractivity contribution < 1.29 is 4.79 Å². The zero-order valence-corrected chi connectivity index (χ0v) is 18.6. The minimum absolute atomic E-state index is 0.0800. The Bertz CT molecular complexity index is 894. The number of nitrogens with zero attached hydrogens (tertiary/aromatic N) is 6. The molecule has 1 amide bonds. The Kier molecular flexibility index (Phi) is 6.86. The number of hydrogen-bond acceptors (Lipinski definition) is 4. The highest BCUT2D eigenvalue weighted by Gasteiger charge is 2.29. The molecule has 2 fully saturated rings. The van der Waals surface area contributed by atoms with Crippen LogP contribution in [0.5, 0.6) is 0 Å². The lowest BCUT2D eigenvalue weighted by Gasteiger charge is -2.35. The Hall–Kier alpha value is -2.87. The molecular formula is C23H33N7O. The molecule has 1 aromatic carbocycles. The molecule has 0 spiro atoms. The van der Waals surface area contributed by atoms with E-state index in [1.165, 1.54) is 18.4 Å². The number of aliphatic imine (C=N–C) groups is 1. The Morgan fingerprint density at radius 1 is 1.23 bits per heavy atom. The normalized spacial score (nSPS) is 20.5. The minimum atomic E-state index is 0.0800. The molecule has 1 atom stereocenters. The van der Waals surface area contributed by atoms with Gasteiger partial charge in [-0.2, -0.15) is 5.10 Å². The lowest BCUT2D eigenvalue weighted by Crippen LogP contribution is -2.55. The van der Waals surface area contributed by atoms with E-state index in [1.807, 2.05) is 18.1 Å². The second-order valence-corrected chi connectivity index (χ2v) is 8.29. The van der Waals surface area contributed by atoms with Gasteiger partial charge in [0.25, 0.3) is 0 Å². The van der Waals surface area contributed by atoms with Crippen LogP contribution >= 0.6 is 0 Å². The summed E-state index contributed by atoms with van der Waals surface area (Å²) in [5, 5.41) is 7.58. The molecular weight excluding hydrogens is 390 g/mol. The van der Waals surface area contributed by atoms with Crippen molar-refractivity contribution in [3.8, 4) is 0 Å². The van der Waals surface area contributed by atoms with Crippen LogP contribution in [0.25, 0.3) is 0 Å². The predicted molar refractivity (Wildman–Crippen MR) is 123 cm³/mol. The molecule has 0 saturated carbocycles. The number of piperazine rings is 1. The topological polar surface area (TPSA) is 69.0 Å². The van der Waals surface area contributed by atoms with E-state index in [4.69, 9.17) is 4.99 Å². The second kappa shape index (κ2) is 9.96. The number of carbonyl (C=O) groups excluding carboxylic acids is 1. The molecule has 1 N–H and O–H groups in total. The average molecular weight is 424 g/mol. The molecule has 0 radical (unpaired) electrons. The highest BCUT2D eigenvalue weighted by molar-refractivity contribution is 5.98. The summed E-state index contributed by atoms with van der Waals surface area (Å²) in [6.45, 7) is 7.43. The van der Waals surface area contributed by atoms with Crippen LogP contribution < -0.4 is 10.2 Å². The Morgan fingerprint density at radius 2 is 2.06 bits per heavy atom. The number of aryl methyl sites for hydroxylation is 1. The summed E-state index contributed by atoms with van der Waals surface area (Å²) >= 11 is 0. The number of aromatic nitrogens is 2. The van der Waals surface area contributed by atoms with E-state index < -0.39 is 0 Å². The zero-order chi connectivity index (χ0) is 21.6. The third-order valence-electron chi connectivity index (χ3n) is 6.04. The first-order valence-electron chi connectivity index (χ1n) is 11.2. The molecule has 2 saturated heterocycles. The Labute approximate surface area is 184 Å². The summed E-state index contributed by atoms with van der Waals surface area (Å²) in [7, 11) is 1.87. The van der Waals surface area contributed by atoms with Crippen molar-refractivity contribution in [1.29, 1.82) is 0 Å². The van der Waals surface area contributed by atoms with E-state index in [2.05, 4.69) is 57.5 Å². The van der Waals surface area contributed by atoms with Gasteiger partial charge in [-0.25, -0.2) is 0 Å². The number of anilines is 1. The van der Waals surface area contributed by atoms with Gasteiger partial charge >= 0.3 is 0 Å². The summed E-state index contributed by atoms with van der Waals surface area (Å²) in [6, 6.07) is 11.1. The third kappa shape index (κ3) is 5.25. The fourth-order valence-electron chi connectivity index (χ4n) is 4.42. The molecule has 31 heavy (non-hydrogen) atoms. The number of hydrogen-bond donors (Lipinski definition) is 1. The van der Waals surface area contributed by atoms with Crippen LogP contribution in [-0.4, -0.2) is 76.8 Å². The standard InChI is InChI=1S/C23H33N7O/c1-3-24-23(29-12-13-30(22(31)18-29)21-15-26-27(2)17-21)25-14-20-10-7-11-28(20)16-19-8-5-4-6-9-19/h4-6,8-9,15,17,20H,3,7,10-14,16,18H2,1-2H3,(H,24,25). The summed E-state index contributed by atoms with van der Waals surface area (Å²) in [5.41, 5.74) is 2.21. The smallest absolute Gasteiger partial charge is 0.246 e. The van der Waals surface area contributed by atoms with Crippen LogP contribution in [0.2, 0.25) is 0 Å². The molecule has 8 nitrogen and oxygen atoms in total. The highest BCUT2D eigenvalue weighted by atomic mass is 16.2. The zero-order valence-electron chi connectivity index (χ0n) is 18.6. The van der Waals surface area contributed by atoms with Crippen molar-refractivity contribution in [1.82, 2.24) is 24.9 Å². The molecule has 1 unspecified atom stereocenters. The van der Waals surface area contributed by atoms with Gasteiger partial charge in [0.2, 0.25) is 5.91 Å². The number of rotatable bonds is 6. The minimum Gasteiger partial charge on any atom is -0.357 e. The first-order chi connectivity index (χ1) is 15.1. The van der Waals surface area contributed by atoms with Crippen molar-refractivity contribution in [2.24, 2.45) is 12.0 Å². The molecule has 3 heterocycles.